The van der Waals surface area contributed by atoms with Crippen molar-refractivity contribution in [2.24, 2.45) is 13.0 Å². The van der Waals surface area contributed by atoms with Crippen LogP contribution in [0, 0.1) is 5.92 Å². The molecule has 0 bridgehead atoms. The molecule has 1 unspecified atom stereocenters. The molecule has 6 nitrogen and oxygen atoms in total. The average Bonchev–Trinajstić information content (AvgIpc) is 3.20. The molecular weight excluding hydrogens is 346 g/mol. The number of anilines is 1. The summed E-state index contributed by atoms with van der Waals surface area (Å²) in [5.74, 6) is 0.649. The predicted octanol–water partition coefficient (Wildman–Crippen LogP) is 2.95. The molecule has 1 aromatic carbocycles. The van der Waals surface area contributed by atoms with Crippen LogP contribution in [0.4, 0.5) is 5.69 Å². The Labute approximate surface area is 150 Å². The van der Waals surface area contributed by atoms with E-state index in [1.54, 1.807) is 12.4 Å². The minimum absolute atomic E-state index is 0.0340. The second-order valence-electron chi connectivity index (χ2n) is 5.92. The predicted molar refractivity (Wildman–Crippen MR) is 95.4 cm³/mol. The molecule has 0 aliphatic carbocycles. The molecule has 2 heterocycles. The molecule has 1 amide bonds. The van der Waals surface area contributed by atoms with E-state index in [2.05, 4.69) is 20.8 Å². The van der Waals surface area contributed by atoms with Crippen molar-refractivity contribution in [2.75, 3.05) is 18.4 Å². The molecule has 3 rings (SSSR count). The topological polar surface area (TPSA) is 71.8 Å². The van der Waals surface area contributed by atoms with Gasteiger partial charge in [0.25, 0.3) is 0 Å². The Morgan fingerprint density at radius 1 is 1.54 bits per heavy atom. The lowest BCUT2D eigenvalue weighted by Gasteiger charge is -2.10. The van der Waals surface area contributed by atoms with Gasteiger partial charge in [-0.2, -0.15) is 0 Å². The molecule has 0 radical (unpaired) electrons. The highest BCUT2D eigenvalue weighted by molar-refractivity contribution is 7.99. The van der Waals surface area contributed by atoms with Gasteiger partial charge in [0.05, 0.1) is 5.02 Å². The van der Waals surface area contributed by atoms with Crippen LogP contribution in [0.3, 0.4) is 0 Å². The van der Waals surface area contributed by atoms with Gasteiger partial charge in [0, 0.05) is 24.1 Å². The van der Waals surface area contributed by atoms with Crippen molar-refractivity contribution < 1.29 is 4.79 Å². The number of aromatic nitrogens is 3. The first-order chi connectivity index (χ1) is 11.6. The molecule has 24 heavy (non-hydrogen) atoms. The number of carbonyl (C=O) groups is 1. The van der Waals surface area contributed by atoms with Crippen LogP contribution in [0.5, 0.6) is 0 Å². The van der Waals surface area contributed by atoms with E-state index in [0.717, 1.165) is 41.7 Å². The largest absolute Gasteiger partial charge is 0.326 e. The lowest BCUT2D eigenvalue weighted by atomic mass is 10.0. The molecule has 0 spiro atoms. The summed E-state index contributed by atoms with van der Waals surface area (Å²) in [6.07, 6.45) is 4.27. The van der Waals surface area contributed by atoms with E-state index in [1.807, 2.05) is 23.7 Å². The van der Waals surface area contributed by atoms with Crippen LogP contribution in [-0.2, 0) is 11.8 Å². The summed E-state index contributed by atoms with van der Waals surface area (Å²) in [4.78, 5) is 12.9. The molecule has 8 heteroatoms. The number of hydrogen-bond acceptors (Lipinski definition) is 5. The van der Waals surface area contributed by atoms with Gasteiger partial charge in [0.2, 0.25) is 5.91 Å². The number of nitrogens with zero attached hydrogens (tertiary/aromatic N) is 3. The maximum Gasteiger partial charge on any atom is 0.224 e. The van der Waals surface area contributed by atoms with Crippen molar-refractivity contribution in [1.82, 2.24) is 20.1 Å². The molecule has 1 aliphatic heterocycles. The van der Waals surface area contributed by atoms with Crippen LogP contribution in [0.2, 0.25) is 5.02 Å². The number of amides is 1. The number of aryl methyl sites for hydroxylation is 1. The first-order valence-electron chi connectivity index (χ1n) is 7.94. The van der Waals surface area contributed by atoms with E-state index in [-0.39, 0.29) is 5.91 Å². The van der Waals surface area contributed by atoms with Crippen LogP contribution in [0.15, 0.2) is 34.6 Å². The summed E-state index contributed by atoms with van der Waals surface area (Å²) in [5, 5.41) is 15.5. The van der Waals surface area contributed by atoms with Gasteiger partial charge in [-0.1, -0.05) is 11.6 Å². The van der Waals surface area contributed by atoms with Crippen LogP contribution < -0.4 is 10.6 Å². The van der Waals surface area contributed by atoms with Crippen molar-refractivity contribution in [3.63, 3.8) is 0 Å². The SMILES string of the molecule is Cn1cnnc1Sc1ccc(NC(=O)CCC2CCNC2)cc1Cl. The Kier molecular flexibility index (Phi) is 5.76. The lowest BCUT2D eigenvalue weighted by Crippen LogP contribution is -2.15. The van der Waals surface area contributed by atoms with E-state index >= 15 is 0 Å². The van der Waals surface area contributed by atoms with Gasteiger partial charge in [-0.3, -0.25) is 4.79 Å². The first-order valence-corrected chi connectivity index (χ1v) is 9.13. The van der Waals surface area contributed by atoms with Crippen molar-refractivity contribution in [2.45, 2.75) is 29.3 Å². The Balaban J connectivity index is 1.55. The Morgan fingerprint density at radius 3 is 3.08 bits per heavy atom. The minimum Gasteiger partial charge on any atom is -0.326 e. The van der Waals surface area contributed by atoms with Crippen molar-refractivity contribution in [3.8, 4) is 0 Å². The van der Waals surface area contributed by atoms with Crippen molar-refractivity contribution >= 4 is 35.0 Å². The van der Waals surface area contributed by atoms with Crippen LogP contribution in [0.1, 0.15) is 19.3 Å². The Hall–Kier alpha value is -1.57. The zero-order valence-electron chi connectivity index (χ0n) is 13.5. The monoisotopic (exact) mass is 365 g/mol. The zero-order valence-corrected chi connectivity index (χ0v) is 15.0. The Bertz CT molecular complexity index is 714. The summed E-state index contributed by atoms with van der Waals surface area (Å²) >= 11 is 7.76. The van der Waals surface area contributed by atoms with E-state index < -0.39 is 0 Å². The smallest absolute Gasteiger partial charge is 0.224 e. The second kappa shape index (κ2) is 8.00. The average molecular weight is 366 g/mol. The molecule has 2 aromatic rings. The third-order valence-electron chi connectivity index (χ3n) is 4.03. The van der Waals surface area contributed by atoms with Gasteiger partial charge < -0.3 is 15.2 Å². The summed E-state index contributed by atoms with van der Waals surface area (Å²) in [5.41, 5.74) is 0.719. The highest BCUT2D eigenvalue weighted by Crippen LogP contribution is 2.33. The quantitative estimate of drug-likeness (QED) is 0.823. The zero-order chi connectivity index (χ0) is 16.9. The normalized spacial score (nSPS) is 17.2. The third kappa shape index (κ3) is 4.49. The van der Waals surface area contributed by atoms with Crippen LogP contribution >= 0.6 is 23.4 Å². The maximum absolute atomic E-state index is 12.1. The molecule has 1 fully saturated rings. The van der Waals surface area contributed by atoms with E-state index in [4.69, 9.17) is 11.6 Å². The van der Waals surface area contributed by atoms with Gasteiger partial charge in [-0.05, 0) is 61.8 Å². The number of halogens is 1. The van der Waals surface area contributed by atoms with Gasteiger partial charge in [0.15, 0.2) is 5.16 Å². The fourth-order valence-electron chi connectivity index (χ4n) is 2.64. The standard InChI is InChI=1S/C16H20ClN5OS/c1-22-10-19-21-16(22)24-14-4-3-12(8-13(14)17)20-15(23)5-2-11-6-7-18-9-11/h3-4,8,10-11,18H,2,5-7,9H2,1H3,(H,20,23). The van der Waals surface area contributed by atoms with Crippen LogP contribution in [-0.4, -0.2) is 33.8 Å². The van der Waals surface area contributed by atoms with Gasteiger partial charge in [0.1, 0.15) is 6.33 Å². The first kappa shape index (κ1) is 17.3. The van der Waals surface area contributed by atoms with E-state index in [0.29, 0.717) is 17.4 Å². The molecule has 128 valence electrons. The van der Waals surface area contributed by atoms with Gasteiger partial charge >= 0.3 is 0 Å². The van der Waals surface area contributed by atoms with Crippen molar-refractivity contribution in [3.05, 3.63) is 29.5 Å². The molecule has 0 saturated carbocycles. The van der Waals surface area contributed by atoms with Gasteiger partial charge in [-0.25, -0.2) is 0 Å². The maximum atomic E-state index is 12.1. The summed E-state index contributed by atoms with van der Waals surface area (Å²) < 4.78 is 1.83. The highest BCUT2D eigenvalue weighted by atomic mass is 35.5. The second-order valence-corrected chi connectivity index (χ2v) is 7.33. The number of hydrogen-bond donors (Lipinski definition) is 2. The summed E-state index contributed by atoms with van der Waals surface area (Å²) in [7, 11) is 1.88. The fourth-order valence-corrected chi connectivity index (χ4v) is 3.71. The molecule has 1 saturated heterocycles. The molecule has 2 N–H and O–H groups in total. The number of rotatable bonds is 6. The highest BCUT2D eigenvalue weighted by Gasteiger charge is 2.16. The minimum atomic E-state index is 0.0340. The molecule has 1 aliphatic rings. The van der Waals surface area contributed by atoms with Gasteiger partial charge in [-0.15, -0.1) is 10.2 Å². The Morgan fingerprint density at radius 2 is 2.42 bits per heavy atom. The molecule has 1 atom stereocenters. The number of nitrogens with one attached hydrogen (secondary N) is 2. The number of benzene rings is 1. The van der Waals surface area contributed by atoms with Crippen LogP contribution in [0.25, 0.3) is 0 Å². The summed E-state index contributed by atoms with van der Waals surface area (Å²) in [6, 6.07) is 5.52. The number of carbonyl (C=O) groups excluding carboxylic acids is 1. The van der Waals surface area contributed by atoms with E-state index in [1.165, 1.54) is 11.8 Å². The molecule has 1 aromatic heterocycles. The third-order valence-corrected chi connectivity index (χ3v) is 5.58. The summed E-state index contributed by atoms with van der Waals surface area (Å²) in [6.45, 7) is 2.08. The van der Waals surface area contributed by atoms with Crippen molar-refractivity contribution in [1.29, 1.82) is 0 Å². The molecular formula is C16H20ClN5OS. The van der Waals surface area contributed by atoms with E-state index in [9.17, 15) is 4.79 Å². The lowest BCUT2D eigenvalue weighted by molar-refractivity contribution is -0.116. The fraction of sp³-hybridized carbons (Fsp3) is 0.438.